The van der Waals surface area contributed by atoms with Gasteiger partial charge in [0.1, 0.15) is 5.92 Å². The number of hydrogen-bond acceptors (Lipinski definition) is 3. The Hall–Kier alpha value is -1.000. The molecule has 0 aliphatic heterocycles. The summed E-state index contributed by atoms with van der Waals surface area (Å²) in [4.78, 5) is 35.7. The second-order valence-electron chi connectivity index (χ2n) is 4.21. The van der Waals surface area contributed by atoms with E-state index in [0.717, 1.165) is 0 Å². The van der Waals surface area contributed by atoms with Crippen LogP contribution in [0.25, 0.3) is 0 Å². The van der Waals surface area contributed by atoms with Crippen molar-refractivity contribution in [3.05, 3.63) is 33.3 Å². The van der Waals surface area contributed by atoms with Crippen LogP contribution in [0.1, 0.15) is 29.6 Å². The predicted molar refractivity (Wildman–Crippen MR) is 70.8 cm³/mol. The lowest BCUT2D eigenvalue weighted by Crippen LogP contribution is -2.35. The van der Waals surface area contributed by atoms with E-state index in [4.69, 9.17) is 11.6 Å². The van der Waals surface area contributed by atoms with Gasteiger partial charge in [-0.25, -0.2) is 0 Å². The Bertz CT molecular complexity index is 523. The molecule has 0 unspecified atom stereocenters. The topological polar surface area (TPSA) is 51.2 Å². The lowest BCUT2D eigenvalue weighted by molar-refractivity contribution is -0.133. The van der Waals surface area contributed by atoms with Gasteiger partial charge in [0.25, 0.3) is 0 Å². The molecule has 2 rings (SSSR count). The summed E-state index contributed by atoms with van der Waals surface area (Å²) >= 11 is 9.18. The number of carbonyl (C=O) groups is 3. The van der Waals surface area contributed by atoms with Gasteiger partial charge in [0.15, 0.2) is 17.3 Å². The Morgan fingerprint density at radius 3 is 2.44 bits per heavy atom. The normalized spacial score (nSPS) is 17.0. The highest BCUT2D eigenvalue weighted by molar-refractivity contribution is 9.10. The standard InChI is InChI=1S/C13H10BrClO3/c14-7-4-5-9(15)8(6-7)13(18)12-10(16)2-1-3-11(12)17/h4-6,12H,1-3H2. The van der Waals surface area contributed by atoms with Crippen molar-refractivity contribution >= 4 is 44.9 Å². The van der Waals surface area contributed by atoms with Crippen LogP contribution in [0.3, 0.4) is 0 Å². The summed E-state index contributed by atoms with van der Waals surface area (Å²) in [6, 6.07) is 4.81. The molecule has 0 aromatic heterocycles. The van der Waals surface area contributed by atoms with Gasteiger partial charge >= 0.3 is 0 Å². The van der Waals surface area contributed by atoms with E-state index >= 15 is 0 Å². The van der Waals surface area contributed by atoms with Gasteiger partial charge in [-0.3, -0.25) is 14.4 Å². The van der Waals surface area contributed by atoms with E-state index in [0.29, 0.717) is 10.9 Å². The number of carbonyl (C=O) groups excluding carboxylic acids is 3. The molecule has 0 radical (unpaired) electrons. The van der Waals surface area contributed by atoms with Crippen molar-refractivity contribution in [2.24, 2.45) is 5.92 Å². The van der Waals surface area contributed by atoms with Crippen molar-refractivity contribution < 1.29 is 14.4 Å². The van der Waals surface area contributed by atoms with E-state index < -0.39 is 11.7 Å². The van der Waals surface area contributed by atoms with E-state index in [1.54, 1.807) is 18.2 Å². The molecule has 94 valence electrons. The van der Waals surface area contributed by atoms with Gasteiger partial charge in [-0.05, 0) is 24.6 Å². The molecule has 0 saturated heterocycles. The summed E-state index contributed by atoms with van der Waals surface area (Å²) in [6.07, 6.45) is 1.11. The Kier molecular flexibility index (Phi) is 3.97. The largest absolute Gasteiger partial charge is 0.298 e. The van der Waals surface area contributed by atoms with E-state index in [1.807, 2.05) is 0 Å². The Morgan fingerprint density at radius 1 is 1.22 bits per heavy atom. The SMILES string of the molecule is O=C1CCCC(=O)C1C(=O)c1cc(Br)ccc1Cl. The van der Waals surface area contributed by atoms with Gasteiger partial charge in [-0.2, -0.15) is 0 Å². The molecular formula is C13H10BrClO3. The number of ketones is 3. The van der Waals surface area contributed by atoms with Crippen LogP contribution < -0.4 is 0 Å². The predicted octanol–water partition coefficient (Wildman–Crippen LogP) is 3.22. The first-order valence-corrected chi connectivity index (χ1v) is 6.72. The second kappa shape index (κ2) is 5.33. The van der Waals surface area contributed by atoms with Crippen molar-refractivity contribution in [3.63, 3.8) is 0 Å². The molecule has 18 heavy (non-hydrogen) atoms. The van der Waals surface area contributed by atoms with Gasteiger partial charge in [0, 0.05) is 22.9 Å². The minimum Gasteiger partial charge on any atom is -0.298 e. The van der Waals surface area contributed by atoms with Gasteiger partial charge in [-0.1, -0.05) is 27.5 Å². The van der Waals surface area contributed by atoms with E-state index in [1.165, 1.54) is 0 Å². The molecule has 1 aromatic rings. The Balaban J connectivity index is 2.38. The van der Waals surface area contributed by atoms with Crippen LogP contribution in [0.15, 0.2) is 22.7 Å². The number of Topliss-reactive ketones (excluding diaryl/α,β-unsaturated/α-hetero) is 3. The summed E-state index contributed by atoms with van der Waals surface area (Å²) in [5.41, 5.74) is 0.222. The highest BCUT2D eigenvalue weighted by atomic mass is 79.9. The van der Waals surface area contributed by atoms with E-state index in [2.05, 4.69) is 15.9 Å². The van der Waals surface area contributed by atoms with Crippen LogP contribution in [0.4, 0.5) is 0 Å². The molecule has 1 aliphatic carbocycles. The van der Waals surface area contributed by atoms with Gasteiger partial charge in [0.05, 0.1) is 5.02 Å². The third-order valence-corrected chi connectivity index (χ3v) is 3.77. The summed E-state index contributed by atoms with van der Waals surface area (Å²) in [5, 5.41) is 0.259. The minimum atomic E-state index is -1.16. The van der Waals surface area contributed by atoms with Crippen LogP contribution in [-0.2, 0) is 9.59 Å². The number of halogens is 2. The summed E-state index contributed by atoms with van der Waals surface area (Å²) in [6.45, 7) is 0. The zero-order valence-electron chi connectivity index (χ0n) is 9.41. The average Bonchev–Trinajstić information content (AvgIpc) is 2.32. The van der Waals surface area contributed by atoms with Gasteiger partial charge in [0.2, 0.25) is 0 Å². The molecule has 3 nitrogen and oxygen atoms in total. The Morgan fingerprint density at radius 2 is 1.83 bits per heavy atom. The molecule has 0 heterocycles. The molecule has 0 atom stereocenters. The highest BCUT2D eigenvalue weighted by Gasteiger charge is 2.37. The highest BCUT2D eigenvalue weighted by Crippen LogP contribution is 2.27. The van der Waals surface area contributed by atoms with Crippen molar-refractivity contribution in [2.75, 3.05) is 0 Å². The fraction of sp³-hybridized carbons (Fsp3) is 0.308. The number of hydrogen-bond donors (Lipinski definition) is 0. The lowest BCUT2D eigenvalue weighted by atomic mass is 9.82. The molecular weight excluding hydrogens is 319 g/mol. The van der Waals surface area contributed by atoms with Gasteiger partial charge < -0.3 is 0 Å². The molecule has 0 spiro atoms. The maximum Gasteiger partial charge on any atom is 0.182 e. The molecule has 0 bridgehead atoms. The number of rotatable bonds is 2. The van der Waals surface area contributed by atoms with Crippen molar-refractivity contribution in [2.45, 2.75) is 19.3 Å². The van der Waals surface area contributed by atoms with Crippen molar-refractivity contribution in [3.8, 4) is 0 Å². The minimum absolute atomic E-state index is 0.222. The molecule has 0 N–H and O–H groups in total. The summed E-state index contributed by atoms with van der Waals surface area (Å²) in [7, 11) is 0. The van der Waals surface area contributed by atoms with E-state index in [9.17, 15) is 14.4 Å². The monoisotopic (exact) mass is 328 g/mol. The van der Waals surface area contributed by atoms with Crippen molar-refractivity contribution in [1.29, 1.82) is 0 Å². The van der Waals surface area contributed by atoms with Gasteiger partial charge in [-0.15, -0.1) is 0 Å². The quantitative estimate of drug-likeness (QED) is 0.618. The first kappa shape index (κ1) is 13.4. The van der Waals surface area contributed by atoms with E-state index in [-0.39, 0.29) is 35.0 Å². The Labute approximate surface area is 118 Å². The fourth-order valence-electron chi connectivity index (χ4n) is 2.04. The fourth-order valence-corrected chi connectivity index (χ4v) is 2.61. The molecule has 1 aromatic carbocycles. The van der Waals surface area contributed by atoms with Crippen LogP contribution in [0.2, 0.25) is 5.02 Å². The third kappa shape index (κ3) is 2.54. The first-order chi connectivity index (χ1) is 8.50. The smallest absolute Gasteiger partial charge is 0.182 e. The molecule has 5 heteroatoms. The second-order valence-corrected chi connectivity index (χ2v) is 5.53. The zero-order chi connectivity index (χ0) is 13.3. The molecule has 1 aliphatic rings. The summed E-state index contributed by atoms with van der Waals surface area (Å²) in [5.74, 6) is -2.25. The zero-order valence-corrected chi connectivity index (χ0v) is 11.8. The van der Waals surface area contributed by atoms with Crippen LogP contribution >= 0.6 is 27.5 Å². The summed E-state index contributed by atoms with van der Waals surface area (Å²) < 4.78 is 0.686. The number of benzene rings is 1. The third-order valence-electron chi connectivity index (χ3n) is 2.95. The van der Waals surface area contributed by atoms with Crippen molar-refractivity contribution in [1.82, 2.24) is 0 Å². The molecule has 0 amide bonds. The average molecular weight is 330 g/mol. The maximum atomic E-state index is 12.2. The van der Waals surface area contributed by atoms with Crippen LogP contribution in [0, 0.1) is 5.92 Å². The maximum absolute atomic E-state index is 12.2. The molecule has 1 saturated carbocycles. The van der Waals surface area contributed by atoms with Crippen LogP contribution in [-0.4, -0.2) is 17.3 Å². The first-order valence-electron chi connectivity index (χ1n) is 5.55. The van der Waals surface area contributed by atoms with Crippen LogP contribution in [0.5, 0.6) is 0 Å². The molecule has 1 fully saturated rings. The lowest BCUT2D eigenvalue weighted by Gasteiger charge is -2.18.